The first-order chi connectivity index (χ1) is 8.22. The van der Waals surface area contributed by atoms with Crippen LogP contribution in [0.3, 0.4) is 0 Å². The quantitative estimate of drug-likeness (QED) is 0.780. The Morgan fingerprint density at radius 3 is 3.18 bits per heavy atom. The summed E-state index contributed by atoms with van der Waals surface area (Å²) < 4.78 is 5.09. The number of fused-ring (bicyclic) bond motifs is 3. The first kappa shape index (κ1) is 11.0. The Hall–Kier alpha value is -1.07. The zero-order chi connectivity index (χ0) is 12.0. The van der Waals surface area contributed by atoms with Crippen LogP contribution >= 0.6 is 11.3 Å². The number of rotatable bonds is 2. The van der Waals surface area contributed by atoms with Gasteiger partial charge in [-0.2, -0.15) is 0 Å². The average Bonchev–Trinajstić information content (AvgIpc) is 2.89. The van der Waals surface area contributed by atoms with E-state index in [1.807, 2.05) is 6.92 Å². The topological polar surface area (TPSA) is 64.3 Å². The summed E-state index contributed by atoms with van der Waals surface area (Å²) in [5.41, 5.74) is 7.76. The lowest BCUT2D eigenvalue weighted by Crippen LogP contribution is -2.12. The van der Waals surface area contributed by atoms with Crippen LogP contribution in [0, 0.1) is 5.92 Å². The molecule has 92 valence electrons. The fourth-order valence-electron chi connectivity index (χ4n) is 2.95. The fourth-order valence-corrected chi connectivity index (χ4v) is 4.23. The molecule has 3 N–H and O–H groups in total. The summed E-state index contributed by atoms with van der Waals surface area (Å²) in [7, 11) is 0. The first-order valence-corrected chi connectivity index (χ1v) is 6.82. The van der Waals surface area contributed by atoms with Gasteiger partial charge in [-0.1, -0.05) is 0 Å². The lowest BCUT2D eigenvalue weighted by molar-refractivity contribution is 0.0527. The molecule has 0 aromatic carbocycles. The van der Waals surface area contributed by atoms with Crippen molar-refractivity contribution in [3.8, 4) is 0 Å². The van der Waals surface area contributed by atoms with Gasteiger partial charge in [-0.15, -0.1) is 11.3 Å². The molecule has 1 saturated heterocycles. The molecule has 5 heteroatoms. The van der Waals surface area contributed by atoms with Crippen molar-refractivity contribution in [2.45, 2.75) is 19.3 Å². The van der Waals surface area contributed by atoms with Crippen LogP contribution in [0.5, 0.6) is 0 Å². The van der Waals surface area contributed by atoms with Crippen LogP contribution in [0.1, 0.15) is 33.6 Å². The number of carbonyl (C=O) groups is 1. The van der Waals surface area contributed by atoms with Crippen molar-refractivity contribution in [2.75, 3.05) is 25.4 Å². The number of nitrogen functional groups attached to an aromatic ring is 1. The molecule has 17 heavy (non-hydrogen) atoms. The SMILES string of the molecule is CCOC(=O)c1c(N)sc2c1CC1CNCC21. The molecule has 0 saturated carbocycles. The molecule has 4 nitrogen and oxygen atoms in total. The van der Waals surface area contributed by atoms with E-state index in [1.165, 1.54) is 4.88 Å². The highest BCUT2D eigenvalue weighted by molar-refractivity contribution is 7.16. The van der Waals surface area contributed by atoms with Gasteiger partial charge < -0.3 is 15.8 Å². The number of ether oxygens (including phenoxy) is 1. The van der Waals surface area contributed by atoms with E-state index in [1.54, 1.807) is 11.3 Å². The van der Waals surface area contributed by atoms with E-state index in [9.17, 15) is 4.79 Å². The van der Waals surface area contributed by atoms with Crippen LogP contribution in [0.4, 0.5) is 5.00 Å². The highest BCUT2D eigenvalue weighted by atomic mass is 32.1. The number of nitrogens with two attached hydrogens (primary N) is 1. The molecule has 2 aliphatic rings. The molecule has 3 rings (SSSR count). The summed E-state index contributed by atoms with van der Waals surface area (Å²) in [5.74, 6) is 0.945. The number of hydrogen-bond acceptors (Lipinski definition) is 5. The molecule has 1 aromatic heterocycles. The summed E-state index contributed by atoms with van der Waals surface area (Å²) in [6.45, 7) is 4.28. The van der Waals surface area contributed by atoms with Gasteiger partial charge >= 0.3 is 5.97 Å². The van der Waals surface area contributed by atoms with Gasteiger partial charge in [0.25, 0.3) is 0 Å². The molecule has 1 fully saturated rings. The third-order valence-electron chi connectivity index (χ3n) is 3.69. The molecule has 0 bridgehead atoms. The zero-order valence-electron chi connectivity index (χ0n) is 9.79. The Labute approximate surface area is 104 Å². The molecule has 1 aliphatic heterocycles. The van der Waals surface area contributed by atoms with E-state index >= 15 is 0 Å². The minimum absolute atomic E-state index is 0.254. The Balaban J connectivity index is 1.99. The maximum Gasteiger partial charge on any atom is 0.341 e. The van der Waals surface area contributed by atoms with Crippen molar-refractivity contribution in [1.29, 1.82) is 0 Å². The summed E-state index contributed by atoms with van der Waals surface area (Å²) in [4.78, 5) is 13.2. The van der Waals surface area contributed by atoms with Gasteiger partial charge in [-0.3, -0.25) is 0 Å². The highest BCUT2D eigenvalue weighted by Crippen LogP contribution is 2.48. The van der Waals surface area contributed by atoms with Gasteiger partial charge in [-0.05, 0) is 31.4 Å². The third kappa shape index (κ3) is 1.57. The monoisotopic (exact) mass is 252 g/mol. The van der Waals surface area contributed by atoms with Gasteiger partial charge in [-0.25, -0.2) is 4.79 Å². The number of hydrogen-bond donors (Lipinski definition) is 2. The summed E-state index contributed by atoms with van der Waals surface area (Å²) in [6, 6.07) is 0. The normalized spacial score (nSPS) is 25.7. The van der Waals surface area contributed by atoms with Crippen molar-refractivity contribution in [3.63, 3.8) is 0 Å². The molecular weight excluding hydrogens is 236 g/mol. The van der Waals surface area contributed by atoms with Crippen molar-refractivity contribution in [2.24, 2.45) is 5.92 Å². The lowest BCUT2D eigenvalue weighted by atomic mass is 10.0. The van der Waals surface area contributed by atoms with Gasteiger partial charge in [0.2, 0.25) is 0 Å². The van der Waals surface area contributed by atoms with E-state index in [0.717, 1.165) is 25.1 Å². The van der Waals surface area contributed by atoms with Crippen LogP contribution in [-0.4, -0.2) is 25.7 Å². The standard InChI is InChI=1S/C12H16N2O2S/c1-2-16-12(15)9-7-3-6-4-14-5-8(6)10(7)17-11(9)13/h6,8,14H,2-5,13H2,1H3. The fraction of sp³-hybridized carbons (Fsp3) is 0.583. The average molecular weight is 252 g/mol. The van der Waals surface area contributed by atoms with Crippen LogP contribution in [0.15, 0.2) is 0 Å². The number of anilines is 1. The van der Waals surface area contributed by atoms with Crippen molar-refractivity contribution < 1.29 is 9.53 Å². The molecule has 1 aromatic rings. The van der Waals surface area contributed by atoms with Crippen molar-refractivity contribution in [3.05, 3.63) is 16.0 Å². The molecule has 2 atom stereocenters. The van der Waals surface area contributed by atoms with Crippen LogP contribution in [0.25, 0.3) is 0 Å². The number of thiophene rings is 1. The maximum atomic E-state index is 11.9. The second kappa shape index (κ2) is 3.99. The Morgan fingerprint density at radius 1 is 1.59 bits per heavy atom. The van der Waals surface area contributed by atoms with Gasteiger partial charge in [0.1, 0.15) is 5.00 Å². The lowest BCUT2D eigenvalue weighted by Gasteiger charge is -2.07. The molecule has 0 spiro atoms. The van der Waals surface area contributed by atoms with Crippen LogP contribution < -0.4 is 11.1 Å². The number of carbonyl (C=O) groups excluding carboxylic acids is 1. The number of esters is 1. The molecule has 0 radical (unpaired) electrons. The second-order valence-electron chi connectivity index (χ2n) is 4.63. The Bertz CT molecular complexity index is 469. The smallest absolute Gasteiger partial charge is 0.341 e. The molecule has 0 amide bonds. The summed E-state index contributed by atoms with van der Waals surface area (Å²) >= 11 is 1.57. The van der Waals surface area contributed by atoms with Crippen LogP contribution in [-0.2, 0) is 11.2 Å². The zero-order valence-corrected chi connectivity index (χ0v) is 10.6. The van der Waals surface area contributed by atoms with Gasteiger partial charge in [0.15, 0.2) is 0 Å². The van der Waals surface area contributed by atoms with E-state index in [2.05, 4.69) is 5.32 Å². The minimum Gasteiger partial charge on any atom is -0.462 e. The Kier molecular flexibility index (Phi) is 2.60. The van der Waals surface area contributed by atoms with Gasteiger partial charge in [0.05, 0.1) is 12.2 Å². The molecule has 1 aliphatic carbocycles. The van der Waals surface area contributed by atoms with Crippen molar-refractivity contribution >= 4 is 22.3 Å². The molecule has 2 heterocycles. The predicted octanol–water partition coefficient (Wildman–Crippen LogP) is 1.37. The van der Waals surface area contributed by atoms with Crippen molar-refractivity contribution in [1.82, 2.24) is 5.32 Å². The largest absolute Gasteiger partial charge is 0.462 e. The summed E-state index contributed by atoms with van der Waals surface area (Å²) in [6.07, 6.45) is 0.967. The van der Waals surface area contributed by atoms with E-state index in [0.29, 0.717) is 29.0 Å². The predicted molar refractivity (Wildman–Crippen MR) is 67.5 cm³/mol. The third-order valence-corrected chi connectivity index (χ3v) is 4.88. The minimum atomic E-state index is -0.254. The van der Waals surface area contributed by atoms with E-state index < -0.39 is 0 Å². The summed E-state index contributed by atoms with van der Waals surface area (Å²) in [5, 5.41) is 4.02. The first-order valence-electron chi connectivity index (χ1n) is 6.01. The highest BCUT2D eigenvalue weighted by Gasteiger charge is 2.41. The maximum absolute atomic E-state index is 11.9. The Morgan fingerprint density at radius 2 is 2.41 bits per heavy atom. The molecular formula is C12H16N2O2S. The van der Waals surface area contributed by atoms with E-state index in [4.69, 9.17) is 10.5 Å². The molecule has 2 unspecified atom stereocenters. The number of nitrogens with one attached hydrogen (secondary N) is 1. The van der Waals surface area contributed by atoms with Gasteiger partial charge in [0, 0.05) is 17.3 Å². The van der Waals surface area contributed by atoms with E-state index in [-0.39, 0.29) is 5.97 Å². The van der Waals surface area contributed by atoms with Crippen LogP contribution in [0.2, 0.25) is 0 Å². The second-order valence-corrected chi connectivity index (χ2v) is 5.72.